The van der Waals surface area contributed by atoms with E-state index in [1.165, 1.54) is 82.0 Å². The molecule has 0 spiro atoms. The van der Waals surface area contributed by atoms with Gasteiger partial charge in [0, 0.05) is 11.2 Å². The molecule has 22 heavy (non-hydrogen) atoms. The van der Waals surface area contributed by atoms with Crippen molar-refractivity contribution in [3.05, 3.63) is 0 Å². The Labute approximate surface area is 143 Å². The summed E-state index contributed by atoms with van der Waals surface area (Å²) in [6.07, 6.45) is 11.1. The Morgan fingerprint density at radius 2 is 0.909 bits per heavy atom. The molecule has 0 aromatic rings. The van der Waals surface area contributed by atoms with Gasteiger partial charge in [-0.2, -0.15) is 4.21 Å². The Kier molecular flexibility index (Phi) is 16.5. The standard InChI is InChI=1S/C16H36N.H2O3S2/c1-5-9-13-17(14-10-6-2,15-11-7-3)16-12-8-4;1-5(2,3)4/h5-16H2,1-4H3;(H2,1,2,3,4)/q+1;. The zero-order valence-electron chi connectivity index (χ0n) is 15.1. The van der Waals surface area contributed by atoms with Crippen LogP contribution in [-0.4, -0.2) is 44.0 Å². The average Bonchev–Trinajstić information content (AvgIpc) is 2.44. The highest BCUT2D eigenvalue weighted by Gasteiger charge is 2.24. The molecule has 0 radical (unpaired) electrons. The summed E-state index contributed by atoms with van der Waals surface area (Å²) >= 11 is 3.47. The van der Waals surface area contributed by atoms with Crippen molar-refractivity contribution < 1.29 is 17.8 Å². The van der Waals surface area contributed by atoms with E-state index in [-0.39, 0.29) is 0 Å². The monoisotopic (exact) mass is 356 g/mol. The molecule has 4 nitrogen and oxygen atoms in total. The van der Waals surface area contributed by atoms with Gasteiger partial charge in [-0.1, -0.05) is 53.4 Å². The van der Waals surface area contributed by atoms with E-state index in [1.54, 1.807) is 0 Å². The van der Waals surface area contributed by atoms with E-state index in [0.29, 0.717) is 0 Å². The van der Waals surface area contributed by atoms with Gasteiger partial charge >= 0.3 is 0 Å². The Morgan fingerprint density at radius 1 is 0.727 bits per heavy atom. The summed E-state index contributed by atoms with van der Waals surface area (Å²) in [5, 5.41) is 0. The van der Waals surface area contributed by atoms with Crippen molar-refractivity contribution in [1.82, 2.24) is 0 Å². The maximum Gasteiger partial charge on any atom is 0.263 e. The lowest BCUT2D eigenvalue weighted by molar-refractivity contribution is -0.929. The normalized spacial score (nSPS) is 11.9. The number of rotatable bonds is 12. The molecule has 0 saturated heterocycles. The maximum atomic E-state index is 9.11. The van der Waals surface area contributed by atoms with E-state index in [9.17, 15) is 0 Å². The molecule has 2 N–H and O–H groups in total. The minimum absolute atomic E-state index is 1.35. The Hall–Kier alpha value is 0.250. The predicted molar refractivity (Wildman–Crippen MR) is 100 cm³/mol. The number of hydrogen-bond donors (Lipinski definition) is 2. The Bertz CT molecular complexity index is 287. The van der Waals surface area contributed by atoms with Gasteiger partial charge in [-0.3, -0.25) is 9.11 Å². The van der Waals surface area contributed by atoms with Crippen LogP contribution in [0.2, 0.25) is 0 Å². The number of unbranched alkanes of at least 4 members (excludes halogenated alkanes) is 4. The van der Waals surface area contributed by atoms with Gasteiger partial charge in [-0.05, 0) is 25.7 Å². The summed E-state index contributed by atoms with van der Waals surface area (Å²) in [5.74, 6) is 0. The lowest BCUT2D eigenvalue weighted by Crippen LogP contribution is -2.50. The molecule has 136 valence electrons. The summed E-state index contributed by atoms with van der Waals surface area (Å²) in [5.41, 5.74) is 0. The van der Waals surface area contributed by atoms with E-state index >= 15 is 0 Å². The van der Waals surface area contributed by atoms with Gasteiger partial charge in [0.05, 0.1) is 26.2 Å². The van der Waals surface area contributed by atoms with Gasteiger partial charge < -0.3 is 4.48 Å². The zero-order valence-corrected chi connectivity index (χ0v) is 16.7. The third-order valence-electron chi connectivity index (χ3n) is 3.94. The number of quaternary nitrogens is 1. The van der Waals surface area contributed by atoms with Crippen LogP contribution in [0.4, 0.5) is 0 Å². The van der Waals surface area contributed by atoms with Crippen LogP contribution < -0.4 is 0 Å². The zero-order chi connectivity index (χ0) is 17.5. The molecular weight excluding hydrogens is 318 g/mol. The predicted octanol–water partition coefficient (Wildman–Crippen LogP) is 4.68. The Morgan fingerprint density at radius 3 is 1.05 bits per heavy atom. The summed E-state index contributed by atoms with van der Waals surface area (Å²) in [6.45, 7) is 15.0. The van der Waals surface area contributed by atoms with E-state index in [4.69, 9.17) is 13.3 Å². The van der Waals surface area contributed by atoms with Crippen LogP contribution in [0, 0.1) is 0 Å². The second-order valence-corrected chi connectivity index (χ2v) is 8.30. The molecule has 0 bridgehead atoms. The summed E-state index contributed by atoms with van der Waals surface area (Å²) < 4.78 is 25.4. The van der Waals surface area contributed by atoms with Crippen molar-refractivity contribution in [2.45, 2.75) is 79.1 Å². The van der Waals surface area contributed by atoms with Gasteiger partial charge in [0.15, 0.2) is 0 Å². The van der Waals surface area contributed by atoms with Crippen LogP contribution in [0.15, 0.2) is 0 Å². The van der Waals surface area contributed by atoms with Gasteiger partial charge in [0.2, 0.25) is 0 Å². The fourth-order valence-electron chi connectivity index (χ4n) is 2.64. The van der Waals surface area contributed by atoms with Crippen LogP contribution in [0.25, 0.3) is 0 Å². The summed E-state index contributed by atoms with van der Waals surface area (Å²) in [4.78, 5) is 0. The van der Waals surface area contributed by atoms with Crippen LogP contribution in [0.5, 0.6) is 0 Å². The topological polar surface area (TPSA) is 57.5 Å². The molecular formula is C16H38NO3S2+. The first kappa shape index (κ1) is 24.5. The van der Waals surface area contributed by atoms with E-state index in [0.717, 1.165) is 0 Å². The fraction of sp³-hybridized carbons (Fsp3) is 1.00. The van der Waals surface area contributed by atoms with Gasteiger partial charge in [-0.25, -0.2) is 0 Å². The highest BCUT2D eigenvalue weighted by atomic mass is 32.9. The van der Waals surface area contributed by atoms with Crippen molar-refractivity contribution in [2.24, 2.45) is 0 Å². The van der Waals surface area contributed by atoms with Crippen molar-refractivity contribution in [2.75, 3.05) is 26.2 Å². The molecule has 0 aliphatic heterocycles. The molecule has 0 aliphatic rings. The lowest BCUT2D eigenvalue weighted by Gasteiger charge is -2.39. The minimum atomic E-state index is -3.83. The van der Waals surface area contributed by atoms with Crippen LogP contribution in [0.1, 0.15) is 79.1 Å². The van der Waals surface area contributed by atoms with Crippen molar-refractivity contribution in [3.8, 4) is 0 Å². The Balaban J connectivity index is 0. The molecule has 0 aliphatic carbocycles. The molecule has 0 amide bonds. The lowest BCUT2D eigenvalue weighted by atomic mass is 10.1. The molecule has 0 aromatic carbocycles. The molecule has 0 saturated carbocycles. The fourth-order valence-corrected chi connectivity index (χ4v) is 2.64. The first-order valence-electron chi connectivity index (χ1n) is 8.79. The molecule has 0 heterocycles. The third-order valence-corrected chi connectivity index (χ3v) is 3.94. The van der Waals surface area contributed by atoms with E-state index in [1.807, 2.05) is 0 Å². The highest BCUT2D eigenvalue weighted by molar-refractivity contribution is 8.26. The van der Waals surface area contributed by atoms with Gasteiger partial charge in [0.25, 0.3) is 9.05 Å². The molecule has 0 rings (SSSR count). The molecule has 0 atom stereocenters. The maximum absolute atomic E-state index is 9.11. The average molecular weight is 357 g/mol. The summed E-state index contributed by atoms with van der Waals surface area (Å²) in [7, 11) is -3.83. The smallest absolute Gasteiger partial charge is 0.263 e. The van der Waals surface area contributed by atoms with Crippen molar-refractivity contribution in [1.29, 1.82) is 0 Å². The molecule has 6 heteroatoms. The first-order chi connectivity index (χ1) is 10.2. The number of nitrogens with zero attached hydrogens (tertiary/aromatic N) is 1. The van der Waals surface area contributed by atoms with Gasteiger partial charge in [0.1, 0.15) is 0 Å². The molecule has 0 unspecified atom stereocenters. The van der Waals surface area contributed by atoms with E-state index < -0.39 is 9.05 Å². The van der Waals surface area contributed by atoms with Crippen LogP contribution in [0.3, 0.4) is 0 Å². The van der Waals surface area contributed by atoms with Crippen LogP contribution >= 0.6 is 0 Å². The summed E-state index contributed by atoms with van der Waals surface area (Å²) in [6, 6.07) is 0. The second-order valence-electron chi connectivity index (χ2n) is 6.10. The molecule has 0 fully saturated rings. The largest absolute Gasteiger partial charge is 0.324 e. The second kappa shape index (κ2) is 14.8. The van der Waals surface area contributed by atoms with Crippen LogP contribution in [-0.2, 0) is 20.2 Å². The van der Waals surface area contributed by atoms with Gasteiger partial charge in [-0.15, -0.1) is 0 Å². The van der Waals surface area contributed by atoms with E-state index in [2.05, 4.69) is 38.9 Å². The van der Waals surface area contributed by atoms with Crippen molar-refractivity contribution in [3.63, 3.8) is 0 Å². The SMILES string of the molecule is CCCC[N+](CCCC)(CCCC)CCCC.O=S(O)(O)=S. The highest BCUT2D eigenvalue weighted by Crippen LogP contribution is 2.16. The quantitative estimate of drug-likeness (QED) is 0.498. The molecule has 0 aromatic heterocycles. The first-order valence-corrected chi connectivity index (χ1v) is 11.2. The minimum Gasteiger partial charge on any atom is -0.324 e. The third kappa shape index (κ3) is 18.3. The number of hydrogen-bond acceptors (Lipinski definition) is 2. The van der Waals surface area contributed by atoms with Crippen molar-refractivity contribution >= 4 is 20.2 Å².